The molecule has 1 aliphatic rings. The van der Waals surface area contributed by atoms with E-state index >= 15 is 0 Å². The highest BCUT2D eigenvalue weighted by molar-refractivity contribution is 5.71. The lowest BCUT2D eigenvalue weighted by atomic mass is 10.1. The Hall–Kier alpha value is -0.820. The Morgan fingerprint density at radius 1 is 1.59 bits per heavy atom. The SMILES string of the molecule is CCC1COCCN1CC(C(=O)O)C(F)(F)F. The van der Waals surface area contributed by atoms with Crippen molar-refractivity contribution in [2.75, 3.05) is 26.3 Å². The summed E-state index contributed by atoms with van der Waals surface area (Å²) in [6.45, 7) is 2.40. The zero-order chi connectivity index (χ0) is 13.1. The van der Waals surface area contributed by atoms with E-state index < -0.39 is 24.6 Å². The average molecular weight is 255 g/mol. The summed E-state index contributed by atoms with van der Waals surface area (Å²) in [4.78, 5) is 12.2. The molecule has 2 unspecified atom stereocenters. The van der Waals surface area contributed by atoms with Crippen molar-refractivity contribution in [3.8, 4) is 0 Å². The molecule has 1 heterocycles. The smallest absolute Gasteiger partial charge is 0.403 e. The first-order valence-corrected chi connectivity index (χ1v) is 5.47. The Kier molecular flexibility index (Phi) is 4.76. The van der Waals surface area contributed by atoms with Crippen molar-refractivity contribution in [3.63, 3.8) is 0 Å². The molecule has 0 saturated carbocycles. The molecule has 0 bridgehead atoms. The molecule has 17 heavy (non-hydrogen) atoms. The predicted octanol–water partition coefficient (Wildman–Crippen LogP) is 1.36. The monoisotopic (exact) mass is 255 g/mol. The van der Waals surface area contributed by atoms with Gasteiger partial charge in [0.05, 0.1) is 13.2 Å². The molecule has 1 N–H and O–H groups in total. The van der Waals surface area contributed by atoms with Gasteiger partial charge < -0.3 is 9.84 Å². The van der Waals surface area contributed by atoms with Gasteiger partial charge in [0.2, 0.25) is 0 Å². The van der Waals surface area contributed by atoms with E-state index in [4.69, 9.17) is 9.84 Å². The first-order chi connectivity index (χ1) is 7.86. The fourth-order valence-electron chi connectivity index (χ4n) is 1.86. The maximum atomic E-state index is 12.5. The molecule has 1 rings (SSSR count). The molecule has 0 aromatic carbocycles. The number of carbonyl (C=O) groups is 1. The molecule has 1 fully saturated rings. The van der Waals surface area contributed by atoms with E-state index in [2.05, 4.69) is 0 Å². The Bertz CT molecular complexity index is 270. The van der Waals surface area contributed by atoms with Crippen molar-refractivity contribution in [3.05, 3.63) is 0 Å². The van der Waals surface area contributed by atoms with Gasteiger partial charge >= 0.3 is 12.1 Å². The van der Waals surface area contributed by atoms with E-state index in [1.807, 2.05) is 6.92 Å². The molecular weight excluding hydrogens is 239 g/mol. The number of ether oxygens (including phenoxy) is 1. The number of carboxylic acid groups (broad SMARTS) is 1. The number of aliphatic carboxylic acids is 1. The molecule has 7 heteroatoms. The second kappa shape index (κ2) is 5.68. The van der Waals surface area contributed by atoms with Crippen LogP contribution >= 0.6 is 0 Å². The summed E-state index contributed by atoms with van der Waals surface area (Å²) in [5.41, 5.74) is 0. The molecule has 0 aromatic rings. The zero-order valence-electron chi connectivity index (χ0n) is 9.54. The minimum atomic E-state index is -4.71. The molecule has 0 radical (unpaired) electrons. The van der Waals surface area contributed by atoms with Gasteiger partial charge in [-0.25, -0.2) is 0 Å². The molecule has 4 nitrogen and oxygen atoms in total. The molecule has 0 aromatic heterocycles. The van der Waals surface area contributed by atoms with Gasteiger partial charge in [0.15, 0.2) is 5.92 Å². The lowest BCUT2D eigenvalue weighted by Gasteiger charge is -2.36. The minimum Gasteiger partial charge on any atom is -0.481 e. The standard InChI is InChI=1S/C10H16F3NO3/c1-2-7-6-17-4-3-14(7)5-8(9(15)16)10(11,12)13/h7-8H,2-6H2,1H3,(H,15,16). The zero-order valence-corrected chi connectivity index (χ0v) is 9.54. The van der Waals surface area contributed by atoms with E-state index in [0.29, 0.717) is 26.2 Å². The van der Waals surface area contributed by atoms with Crippen molar-refractivity contribution < 1.29 is 27.8 Å². The van der Waals surface area contributed by atoms with Gasteiger partial charge in [-0.2, -0.15) is 13.2 Å². The van der Waals surface area contributed by atoms with E-state index in [1.54, 1.807) is 4.90 Å². The van der Waals surface area contributed by atoms with E-state index in [1.165, 1.54) is 0 Å². The topological polar surface area (TPSA) is 49.8 Å². The average Bonchev–Trinajstić information content (AvgIpc) is 2.24. The first kappa shape index (κ1) is 14.2. The van der Waals surface area contributed by atoms with Gasteiger partial charge in [-0.15, -0.1) is 0 Å². The van der Waals surface area contributed by atoms with Gasteiger partial charge in [0, 0.05) is 19.1 Å². The van der Waals surface area contributed by atoms with Crippen LogP contribution in [0.2, 0.25) is 0 Å². The third-order valence-corrected chi connectivity index (χ3v) is 2.93. The number of hydrogen-bond acceptors (Lipinski definition) is 3. The number of halogens is 3. The van der Waals surface area contributed by atoms with Gasteiger partial charge in [-0.05, 0) is 6.42 Å². The van der Waals surface area contributed by atoms with Crippen molar-refractivity contribution in [2.45, 2.75) is 25.6 Å². The van der Waals surface area contributed by atoms with Gasteiger partial charge in [0.1, 0.15) is 0 Å². The summed E-state index contributed by atoms with van der Waals surface area (Å²) < 4.78 is 42.7. The van der Waals surface area contributed by atoms with Crippen LogP contribution in [-0.4, -0.2) is 54.5 Å². The van der Waals surface area contributed by atoms with Crippen LogP contribution in [-0.2, 0) is 9.53 Å². The highest BCUT2D eigenvalue weighted by atomic mass is 19.4. The molecule has 1 aliphatic heterocycles. The number of morpholine rings is 1. The Morgan fingerprint density at radius 3 is 2.71 bits per heavy atom. The summed E-state index contributed by atoms with van der Waals surface area (Å²) >= 11 is 0. The largest absolute Gasteiger partial charge is 0.481 e. The quantitative estimate of drug-likeness (QED) is 0.824. The van der Waals surface area contributed by atoms with E-state index in [-0.39, 0.29) is 6.04 Å². The summed E-state index contributed by atoms with van der Waals surface area (Å²) in [6, 6.07) is -0.132. The Balaban J connectivity index is 2.68. The summed E-state index contributed by atoms with van der Waals surface area (Å²) in [7, 11) is 0. The molecule has 1 saturated heterocycles. The number of alkyl halides is 3. The fraction of sp³-hybridized carbons (Fsp3) is 0.900. The van der Waals surface area contributed by atoms with Crippen LogP contribution in [0.1, 0.15) is 13.3 Å². The highest BCUT2D eigenvalue weighted by Gasteiger charge is 2.46. The van der Waals surface area contributed by atoms with Crippen molar-refractivity contribution >= 4 is 5.97 Å². The summed E-state index contributed by atoms with van der Waals surface area (Å²) in [6.07, 6.45) is -4.06. The molecule has 0 spiro atoms. The second-order valence-corrected chi connectivity index (χ2v) is 4.06. The number of rotatable bonds is 4. The maximum absolute atomic E-state index is 12.5. The highest BCUT2D eigenvalue weighted by Crippen LogP contribution is 2.28. The van der Waals surface area contributed by atoms with Crippen molar-refractivity contribution in [2.24, 2.45) is 5.92 Å². The number of hydrogen-bond donors (Lipinski definition) is 1. The van der Waals surface area contributed by atoms with E-state index in [9.17, 15) is 18.0 Å². The lowest BCUT2D eigenvalue weighted by molar-refractivity contribution is -0.199. The normalized spacial score (nSPS) is 24.6. The fourth-order valence-corrected chi connectivity index (χ4v) is 1.86. The third-order valence-electron chi connectivity index (χ3n) is 2.93. The molecule has 100 valence electrons. The predicted molar refractivity (Wildman–Crippen MR) is 53.7 cm³/mol. The van der Waals surface area contributed by atoms with Crippen molar-refractivity contribution in [1.29, 1.82) is 0 Å². The molecule has 0 aliphatic carbocycles. The number of nitrogens with zero attached hydrogens (tertiary/aromatic N) is 1. The molecule has 2 atom stereocenters. The molecular formula is C10H16F3NO3. The van der Waals surface area contributed by atoms with E-state index in [0.717, 1.165) is 0 Å². The third kappa shape index (κ3) is 3.85. The molecule has 0 amide bonds. The number of carboxylic acids is 1. The van der Waals surface area contributed by atoms with Crippen LogP contribution in [0.15, 0.2) is 0 Å². The van der Waals surface area contributed by atoms with Gasteiger partial charge in [-0.1, -0.05) is 6.92 Å². The maximum Gasteiger partial charge on any atom is 0.403 e. The van der Waals surface area contributed by atoms with Crippen LogP contribution in [0.3, 0.4) is 0 Å². The first-order valence-electron chi connectivity index (χ1n) is 5.47. The Labute approximate surface area is 97.3 Å². The van der Waals surface area contributed by atoms with Crippen LogP contribution in [0.4, 0.5) is 13.2 Å². The second-order valence-electron chi connectivity index (χ2n) is 4.06. The van der Waals surface area contributed by atoms with Crippen LogP contribution in [0.5, 0.6) is 0 Å². The summed E-state index contributed by atoms with van der Waals surface area (Å²) in [5, 5.41) is 8.62. The Morgan fingerprint density at radius 2 is 2.24 bits per heavy atom. The van der Waals surface area contributed by atoms with Gasteiger partial charge in [-0.3, -0.25) is 9.69 Å². The van der Waals surface area contributed by atoms with Crippen LogP contribution < -0.4 is 0 Å². The van der Waals surface area contributed by atoms with Crippen LogP contribution in [0.25, 0.3) is 0 Å². The van der Waals surface area contributed by atoms with Gasteiger partial charge in [0.25, 0.3) is 0 Å². The lowest BCUT2D eigenvalue weighted by Crippen LogP contribution is -2.50. The van der Waals surface area contributed by atoms with Crippen molar-refractivity contribution in [1.82, 2.24) is 4.90 Å². The minimum absolute atomic E-state index is 0.132. The van der Waals surface area contributed by atoms with Crippen LogP contribution in [0, 0.1) is 5.92 Å². The summed E-state index contributed by atoms with van der Waals surface area (Å²) in [5.74, 6) is -4.14.